The van der Waals surface area contributed by atoms with E-state index in [-0.39, 0.29) is 154 Å². The second-order valence-electron chi connectivity index (χ2n) is 48.7. The van der Waals surface area contributed by atoms with Gasteiger partial charge in [-0.3, -0.25) is 0 Å². The molecule has 24 nitrogen and oxygen atoms in total. The molecule has 19 atom stereocenters. The Morgan fingerprint density at radius 1 is 0.345 bits per heavy atom. The Hall–Kier alpha value is -9.50. The highest BCUT2D eigenvalue weighted by Gasteiger charge is 2.52. The number of aromatic amines is 1. The number of nitrogens with zero attached hydrogens (tertiary/aromatic N) is 2. The molecule has 794 valence electrons. The molecule has 7 N–H and O–H groups in total. The smallest absolute Gasteiger partial charge is 0.410 e. The Bertz CT molecular complexity index is 6060. The van der Waals surface area contributed by atoms with E-state index in [0.29, 0.717) is 85.8 Å². The number of H-pyrrole nitrogens is 1. The first-order valence-electron chi connectivity index (χ1n) is 53.4. The van der Waals surface area contributed by atoms with Crippen molar-refractivity contribution in [3.63, 3.8) is 0 Å². The molecule has 6 aromatic carbocycles. The van der Waals surface area contributed by atoms with Gasteiger partial charge in [-0.25, -0.2) is 9.78 Å². The number of nitrogens with one attached hydrogen (secondary N) is 7. The summed E-state index contributed by atoms with van der Waals surface area (Å²) >= 11 is 5.17. The standard InChI is InChI=1S/C24H36N2O4.C21H27NO3.C19H25N3O2.3C19H23NO2S/c1-23(2,3)15-9-10-17-16(14-15)20-21(29-13-12-28-20)19(25-17)18-8-7-11-26(18)22(27)30-24(4,5)6;1-12-10-17(25-13(12)2)18-20-19(23-8-9-24-20)15-11-14(21(3,4)5)6-7-16(15)22-18;1-11-20-10-15(21-11)16-18-17(23-7-8-24-18)13-9-12(19(2,3)4)5-6-14(13)22-16;3*1-19(2,3)13-4-5-15-14(10-13)17-18(22-8-7-21-17)16(20-15)12-6-9-23-11-12/h9-10,14,18-21,25H,7-8,11-13H2,1-6H3;6-7,10-11,18-20,22H,8-9H2,1-5H3;5-6,9-10,16-18,22H,7-8H2,1-4H3,(H,20,21);3*4-6,9-11,16-18,20H,7-8H2,1-3H3/t18?,19-,20+,21-;18-,19+,20-;4*16-,17+,18-/m000110/s1. The predicted molar refractivity (Wildman–Crippen MR) is 591 cm³/mol. The van der Waals surface area contributed by atoms with Gasteiger partial charge in [0.1, 0.15) is 102 Å². The molecule has 0 spiro atoms. The van der Waals surface area contributed by atoms with E-state index in [1.54, 1.807) is 34.0 Å². The number of imidazole rings is 1. The van der Waals surface area contributed by atoms with Crippen LogP contribution in [0.5, 0.6) is 0 Å². The number of aryl methyl sites for hydroxylation is 3. The van der Waals surface area contributed by atoms with Crippen LogP contribution in [0.25, 0.3) is 0 Å². The van der Waals surface area contributed by atoms with Gasteiger partial charge < -0.3 is 108 Å². The molecule has 18 heterocycles. The van der Waals surface area contributed by atoms with Gasteiger partial charge in [-0.1, -0.05) is 197 Å². The third-order valence-corrected chi connectivity index (χ3v) is 32.9. The van der Waals surface area contributed by atoms with Crippen molar-refractivity contribution >= 4 is 74.2 Å². The van der Waals surface area contributed by atoms with Crippen LogP contribution >= 0.6 is 34.0 Å². The van der Waals surface area contributed by atoms with E-state index in [4.69, 9.17) is 66.0 Å². The van der Waals surface area contributed by atoms with Gasteiger partial charge in [0.2, 0.25) is 0 Å². The molecule has 1 unspecified atom stereocenters. The molecule has 7 fully saturated rings. The highest BCUT2D eigenvalue weighted by Crippen LogP contribution is 2.54. The molecule has 0 bridgehead atoms. The molecule has 27 heteroatoms. The third kappa shape index (κ3) is 23.4. The molecule has 7 saturated heterocycles. The number of likely N-dealkylation sites (tertiary alicyclic amines) is 1. The first-order chi connectivity index (χ1) is 70.4. The van der Waals surface area contributed by atoms with Crippen LogP contribution in [0.4, 0.5) is 38.9 Å². The fourth-order valence-corrected chi connectivity index (χ4v) is 24.5. The lowest BCUT2D eigenvalue weighted by molar-refractivity contribution is -0.155. The molecule has 5 aromatic heterocycles. The number of ether oxygens (including phenoxy) is 13. The van der Waals surface area contributed by atoms with Crippen LogP contribution in [0.2, 0.25) is 0 Å². The topological polar surface area (TPSA) is 254 Å². The van der Waals surface area contributed by atoms with Crippen molar-refractivity contribution in [3.8, 4) is 0 Å². The van der Waals surface area contributed by atoms with E-state index in [9.17, 15) is 4.79 Å². The number of hydrogen-bond acceptors (Lipinski definition) is 25. The monoisotopic (exact) mass is 2070 g/mol. The van der Waals surface area contributed by atoms with Crippen molar-refractivity contribution in [2.75, 3.05) is 118 Å². The lowest BCUT2D eigenvalue weighted by Crippen LogP contribution is -2.58. The molecule has 11 aromatic rings. The number of benzene rings is 6. The second kappa shape index (κ2) is 43.6. The quantitative estimate of drug-likeness (QED) is 0.0817. The van der Waals surface area contributed by atoms with E-state index < -0.39 is 5.60 Å². The zero-order valence-corrected chi connectivity index (χ0v) is 93.5. The number of carbonyl (C=O) groups excluding carboxylic acids is 1. The van der Waals surface area contributed by atoms with Gasteiger partial charge in [-0.2, -0.15) is 34.0 Å². The van der Waals surface area contributed by atoms with E-state index in [0.717, 1.165) is 58.5 Å². The zero-order chi connectivity index (χ0) is 104. The van der Waals surface area contributed by atoms with Crippen molar-refractivity contribution in [3.05, 3.63) is 284 Å². The maximum absolute atomic E-state index is 12.9. The fourth-order valence-electron chi connectivity index (χ4n) is 22.4. The first-order valence-corrected chi connectivity index (χ1v) is 56.3. The van der Waals surface area contributed by atoms with Crippen LogP contribution in [0.1, 0.15) is 337 Å². The number of aromatic nitrogens is 2. The van der Waals surface area contributed by atoms with Crippen LogP contribution < -0.4 is 31.9 Å². The fraction of sp³-hybridized carbons (Fsp3) is 0.537. The predicted octanol–water partition coefficient (Wildman–Crippen LogP) is 27.1. The van der Waals surface area contributed by atoms with Gasteiger partial charge in [0, 0.05) is 74.0 Å². The average Bonchev–Trinajstić information content (AvgIpc) is 1.30. The van der Waals surface area contributed by atoms with Crippen LogP contribution in [-0.2, 0) is 94.1 Å². The number of anilines is 6. The summed E-state index contributed by atoms with van der Waals surface area (Å²) in [5.41, 5.74) is 28.1. The molecule has 0 saturated carbocycles. The average molecular weight is 2070 g/mol. The van der Waals surface area contributed by atoms with Gasteiger partial charge in [-0.15, -0.1) is 0 Å². The SMILES string of the molecule is CC(C)(C)OC(=O)N1CCCC1[C@@H]1Nc2ccc(C(C)(C)C)cc2[C@H]2OCCO[C@H]21.CC(C)(C)c1ccc2c(c1)[C@@H]1OCCO[C@@H]1[C@@H](c1ccsc1)N2.CC(C)(C)c1ccc2c(c1)[C@@H]1OCCO[C@@H]1[C@@H](c1ccsc1)N2.CC(C)(C)c1ccc2c(c1)[C@H]1OCCO[C@H]1[C@H](c1ccsc1)N2.Cc1cc([C@@H]2Nc3ccc(C(C)(C)C)cc3[C@H]3OCCO[C@H]32)oc1C.Cc1ncc([C@@H]2Nc3ccc(C(C)(C)C)cc3[C@H]3OCCO[C@H]32)[nH]1. The van der Waals surface area contributed by atoms with Crippen molar-refractivity contribution in [2.45, 2.75) is 333 Å². The summed E-state index contributed by atoms with van der Waals surface area (Å²) in [6.45, 7) is 60.4. The molecule has 24 rings (SSSR count). The molecular weight excluding hydrogens is 1920 g/mol. The maximum Gasteiger partial charge on any atom is 0.410 e. The number of thiophene rings is 3. The Balaban J connectivity index is 0.000000112. The van der Waals surface area contributed by atoms with Crippen molar-refractivity contribution < 1.29 is 70.8 Å². The largest absolute Gasteiger partial charge is 0.464 e. The van der Waals surface area contributed by atoms with Crippen LogP contribution in [0.3, 0.4) is 0 Å². The number of rotatable bonds is 6. The highest BCUT2D eigenvalue weighted by molar-refractivity contribution is 7.08. The van der Waals surface area contributed by atoms with Crippen molar-refractivity contribution in [2.24, 2.45) is 0 Å². The summed E-state index contributed by atoms with van der Waals surface area (Å²) in [6, 6.07) is 49.1. The summed E-state index contributed by atoms with van der Waals surface area (Å²) < 4.78 is 85.5. The molecule has 148 heavy (non-hydrogen) atoms. The minimum absolute atomic E-state index is 0.00667. The molecular formula is C121H157N9O15S3. The summed E-state index contributed by atoms with van der Waals surface area (Å²) in [5.74, 6) is 2.79. The highest BCUT2D eigenvalue weighted by atomic mass is 32.1. The number of carbonyl (C=O) groups is 1. The normalized spacial score (nSPS) is 27.1. The summed E-state index contributed by atoms with van der Waals surface area (Å²) in [6.07, 6.45) is 3.14. The summed E-state index contributed by atoms with van der Waals surface area (Å²) in [7, 11) is 0. The van der Waals surface area contributed by atoms with E-state index in [1.165, 1.54) is 101 Å². The first kappa shape index (κ1) is 107. The third-order valence-electron chi connectivity index (χ3n) is 30.8. The lowest BCUT2D eigenvalue weighted by atomic mass is 9.81. The Morgan fingerprint density at radius 3 is 0.912 bits per heavy atom. The molecule has 13 aliphatic heterocycles. The van der Waals surface area contributed by atoms with Gasteiger partial charge >= 0.3 is 6.09 Å². The molecule has 13 aliphatic rings. The Labute approximate surface area is 888 Å². The van der Waals surface area contributed by atoms with Crippen molar-refractivity contribution in [1.29, 1.82) is 0 Å². The van der Waals surface area contributed by atoms with Crippen LogP contribution in [0, 0.1) is 20.8 Å². The minimum atomic E-state index is -0.507. The molecule has 0 aliphatic carbocycles. The van der Waals surface area contributed by atoms with E-state index in [2.05, 4.69) is 339 Å². The molecule has 1 amide bonds. The van der Waals surface area contributed by atoms with Crippen LogP contribution in [0.15, 0.2) is 176 Å². The number of furan rings is 1. The van der Waals surface area contributed by atoms with Gasteiger partial charge in [0.15, 0.2) is 0 Å². The summed E-state index contributed by atoms with van der Waals surface area (Å²) in [4.78, 5) is 22.4. The second-order valence-corrected chi connectivity index (χ2v) is 51.1. The number of amides is 1. The van der Waals surface area contributed by atoms with Crippen LogP contribution in [-0.4, -0.2) is 161 Å². The van der Waals surface area contributed by atoms with Crippen molar-refractivity contribution in [1.82, 2.24) is 14.9 Å². The van der Waals surface area contributed by atoms with E-state index >= 15 is 0 Å². The Morgan fingerprint density at radius 2 is 0.628 bits per heavy atom. The summed E-state index contributed by atoms with van der Waals surface area (Å²) in [5, 5.41) is 35.0. The zero-order valence-electron chi connectivity index (χ0n) is 91.1. The maximum atomic E-state index is 12.9. The number of fused-ring (bicyclic) bond motifs is 18. The van der Waals surface area contributed by atoms with Gasteiger partial charge in [0.25, 0.3) is 0 Å². The minimum Gasteiger partial charge on any atom is -0.464 e. The van der Waals surface area contributed by atoms with E-state index in [1.807, 2.05) is 45.7 Å². The number of hydrogen-bond donors (Lipinski definition) is 7. The van der Waals surface area contributed by atoms with Gasteiger partial charge in [-0.05, 0) is 235 Å². The Kier molecular flexibility index (Phi) is 31.5. The van der Waals surface area contributed by atoms with Gasteiger partial charge in [0.05, 0.1) is 127 Å². The molecule has 0 radical (unpaired) electrons. The lowest BCUT2D eigenvalue weighted by Gasteiger charge is -2.46.